The van der Waals surface area contributed by atoms with Crippen molar-refractivity contribution in [1.82, 2.24) is 5.32 Å². The second-order valence-corrected chi connectivity index (χ2v) is 6.89. The van der Waals surface area contributed by atoms with Crippen molar-refractivity contribution >= 4 is 0 Å². The molecule has 0 spiro atoms. The molecule has 3 unspecified atom stereocenters. The van der Waals surface area contributed by atoms with Crippen molar-refractivity contribution in [2.75, 3.05) is 6.54 Å². The van der Waals surface area contributed by atoms with Gasteiger partial charge in [0, 0.05) is 6.04 Å². The molecule has 2 heteroatoms. The molecule has 106 valence electrons. The van der Waals surface area contributed by atoms with Gasteiger partial charge in [0.1, 0.15) is 0 Å². The van der Waals surface area contributed by atoms with E-state index >= 15 is 0 Å². The smallest absolute Gasteiger partial charge is 0.0800 e. The van der Waals surface area contributed by atoms with Crippen LogP contribution in [0.3, 0.4) is 0 Å². The maximum atomic E-state index is 11.0. The molecule has 3 atom stereocenters. The highest BCUT2D eigenvalue weighted by molar-refractivity contribution is 4.94. The summed E-state index contributed by atoms with van der Waals surface area (Å²) in [6.07, 6.45) is 10.8. The number of hydrogen-bond donors (Lipinski definition) is 2. The largest absolute Gasteiger partial charge is 0.388 e. The Morgan fingerprint density at radius 2 is 1.83 bits per heavy atom. The van der Waals surface area contributed by atoms with Crippen LogP contribution in [0.15, 0.2) is 0 Å². The average Bonchev–Trinajstić information content (AvgIpc) is 2.70. The SMILES string of the molecule is CC(C)C1CCCC(O)(C2CCCCCN2)CC1. The van der Waals surface area contributed by atoms with Crippen LogP contribution >= 0.6 is 0 Å². The molecule has 1 aliphatic heterocycles. The van der Waals surface area contributed by atoms with Crippen LogP contribution in [-0.4, -0.2) is 23.3 Å². The average molecular weight is 253 g/mol. The number of aliphatic hydroxyl groups is 1. The zero-order valence-corrected chi connectivity index (χ0v) is 12.3. The first-order valence-corrected chi connectivity index (χ1v) is 8.07. The van der Waals surface area contributed by atoms with E-state index in [0.717, 1.165) is 31.2 Å². The zero-order chi connectivity index (χ0) is 13.0. The Bertz CT molecular complexity index is 245. The van der Waals surface area contributed by atoms with Gasteiger partial charge in [0.05, 0.1) is 5.60 Å². The van der Waals surface area contributed by atoms with Gasteiger partial charge in [0.2, 0.25) is 0 Å². The molecule has 2 fully saturated rings. The molecule has 2 N–H and O–H groups in total. The van der Waals surface area contributed by atoms with Crippen LogP contribution in [0.4, 0.5) is 0 Å². The Balaban J connectivity index is 1.96. The third-order valence-corrected chi connectivity index (χ3v) is 5.28. The molecule has 0 aromatic carbocycles. The van der Waals surface area contributed by atoms with Gasteiger partial charge in [0.15, 0.2) is 0 Å². The van der Waals surface area contributed by atoms with Gasteiger partial charge in [0.25, 0.3) is 0 Å². The molecule has 18 heavy (non-hydrogen) atoms. The van der Waals surface area contributed by atoms with E-state index < -0.39 is 5.60 Å². The summed E-state index contributed by atoms with van der Waals surface area (Å²) in [5.74, 6) is 1.60. The van der Waals surface area contributed by atoms with Crippen LogP contribution in [0, 0.1) is 11.8 Å². The fourth-order valence-electron chi connectivity index (χ4n) is 3.88. The van der Waals surface area contributed by atoms with E-state index in [1.54, 1.807) is 0 Å². The Labute approximate surface area is 113 Å². The summed E-state index contributed by atoms with van der Waals surface area (Å²) in [7, 11) is 0. The van der Waals surface area contributed by atoms with Crippen molar-refractivity contribution in [2.45, 2.75) is 83.3 Å². The number of rotatable bonds is 2. The molecular formula is C16H31NO. The minimum Gasteiger partial charge on any atom is -0.388 e. The molecule has 0 aromatic rings. The van der Waals surface area contributed by atoms with Crippen LogP contribution in [0.2, 0.25) is 0 Å². The third-order valence-electron chi connectivity index (χ3n) is 5.28. The second kappa shape index (κ2) is 6.38. The van der Waals surface area contributed by atoms with Crippen molar-refractivity contribution in [3.05, 3.63) is 0 Å². The van der Waals surface area contributed by atoms with Gasteiger partial charge in [-0.25, -0.2) is 0 Å². The minimum atomic E-state index is -0.423. The molecule has 1 saturated carbocycles. The van der Waals surface area contributed by atoms with Crippen LogP contribution in [0.5, 0.6) is 0 Å². The highest BCUT2D eigenvalue weighted by Crippen LogP contribution is 2.37. The highest BCUT2D eigenvalue weighted by atomic mass is 16.3. The molecule has 0 aromatic heterocycles. The molecule has 2 rings (SSSR count). The normalized spacial score (nSPS) is 39.3. The summed E-state index contributed by atoms with van der Waals surface area (Å²) in [5.41, 5.74) is -0.423. The van der Waals surface area contributed by atoms with Crippen LogP contribution in [0.1, 0.15) is 71.6 Å². The Hall–Kier alpha value is -0.0800. The fraction of sp³-hybridized carbons (Fsp3) is 1.00. The summed E-state index contributed by atoms with van der Waals surface area (Å²) in [4.78, 5) is 0. The molecule has 0 radical (unpaired) electrons. The van der Waals surface area contributed by atoms with Gasteiger partial charge in [-0.15, -0.1) is 0 Å². The Morgan fingerprint density at radius 3 is 2.61 bits per heavy atom. The molecule has 0 amide bonds. The van der Waals surface area contributed by atoms with E-state index in [-0.39, 0.29) is 0 Å². The molecule has 2 aliphatic rings. The lowest BCUT2D eigenvalue weighted by Crippen LogP contribution is -2.50. The Morgan fingerprint density at radius 1 is 1.00 bits per heavy atom. The maximum absolute atomic E-state index is 11.0. The van der Waals surface area contributed by atoms with Gasteiger partial charge >= 0.3 is 0 Å². The minimum absolute atomic E-state index is 0.353. The molecule has 0 bridgehead atoms. The summed E-state index contributed by atoms with van der Waals surface area (Å²) >= 11 is 0. The van der Waals surface area contributed by atoms with Crippen molar-refractivity contribution in [3.63, 3.8) is 0 Å². The van der Waals surface area contributed by atoms with Gasteiger partial charge in [-0.05, 0) is 50.5 Å². The quantitative estimate of drug-likeness (QED) is 0.738. The van der Waals surface area contributed by atoms with Crippen molar-refractivity contribution < 1.29 is 5.11 Å². The molecule has 1 saturated heterocycles. The molecular weight excluding hydrogens is 222 g/mol. The van der Waals surface area contributed by atoms with Gasteiger partial charge in [-0.1, -0.05) is 39.5 Å². The fourth-order valence-corrected chi connectivity index (χ4v) is 3.88. The summed E-state index contributed by atoms with van der Waals surface area (Å²) < 4.78 is 0. The Kier molecular flexibility index (Phi) is 5.08. The lowest BCUT2D eigenvalue weighted by atomic mass is 9.83. The standard InChI is InChI=1S/C16H31NO/c1-13(2)14-7-6-10-16(18,11-9-14)15-8-4-3-5-12-17-15/h13-15,17-18H,3-12H2,1-2H3. The van der Waals surface area contributed by atoms with Crippen molar-refractivity contribution in [2.24, 2.45) is 11.8 Å². The highest BCUT2D eigenvalue weighted by Gasteiger charge is 2.38. The van der Waals surface area contributed by atoms with Crippen LogP contribution in [0.25, 0.3) is 0 Å². The lowest BCUT2D eigenvalue weighted by Gasteiger charge is -2.36. The topological polar surface area (TPSA) is 32.3 Å². The summed E-state index contributed by atoms with van der Waals surface area (Å²) in [6.45, 7) is 5.76. The van der Waals surface area contributed by atoms with Crippen molar-refractivity contribution in [1.29, 1.82) is 0 Å². The predicted octanol–water partition coefficient (Wildman–Crippen LogP) is 3.49. The number of nitrogens with one attached hydrogen (secondary N) is 1. The van der Waals surface area contributed by atoms with Gasteiger partial charge in [-0.3, -0.25) is 0 Å². The van der Waals surface area contributed by atoms with E-state index in [9.17, 15) is 5.11 Å². The van der Waals surface area contributed by atoms with Crippen molar-refractivity contribution in [3.8, 4) is 0 Å². The third kappa shape index (κ3) is 3.48. The zero-order valence-electron chi connectivity index (χ0n) is 12.3. The first-order valence-electron chi connectivity index (χ1n) is 8.07. The lowest BCUT2D eigenvalue weighted by molar-refractivity contribution is -0.0149. The van der Waals surface area contributed by atoms with E-state index in [4.69, 9.17) is 0 Å². The van der Waals surface area contributed by atoms with Gasteiger partial charge < -0.3 is 10.4 Å². The molecule has 1 heterocycles. The first kappa shape index (κ1) is 14.3. The van der Waals surface area contributed by atoms with E-state index in [1.165, 1.54) is 44.9 Å². The number of hydrogen-bond acceptors (Lipinski definition) is 2. The monoisotopic (exact) mass is 253 g/mol. The second-order valence-electron chi connectivity index (χ2n) is 6.89. The van der Waals surface area contributed by atoms with Gasteiger partial charge in [-0.2, -0.15) is 0 Å². The summed E-state index contributed by atoms with van der Waals surface area (Å²) in [6, 6.07) is 0.353. The molecule has 1 aliphatic carbocycles. The van der Waals surface area contributed by atoms with Crippen LogP contribution in [-0.2, 0) is 0 Å². The van der Waals surface area contributed by atoms with Crippen LogP contribution < -0.4 is 5.32 Å². The summed E-state index contributed by atoms with van der Waals surface area (Å²) in [5, 5.41) is 14.7. The molecule has 2 nitrogen and oxygen atoms in total. The van der Waals surface area contributed by atoms with E-state index in [2.05, 4.69) is 19.2 Å². The van der Waals surface area contributed by atoms with E-state index in [1.807, 2.05) is 0 Å². The predicted molar refractivity (Wildman–Crippen MR) is 76.6 cm³/mol. The first-order chi connectivity index (χ1) is 8.62. The van der Waals surface area contributed by atoms with E-state index in [0.29, 0.717) is 6.04 Å². The maximum Gasteiger partial charge on any atom is 0.0800 e.